The van der Waals surface area contributed by atoms with Gasteiger partial charge in [-0.2, -0.15) is 0 Å². The van der Waals surface area contributed by atoms with Crippen LogP contribution in [0, 0.1) is 0 Å². The van der Waals surface area contributed by atoms with E-state index >= 15 is 0 Å². The Balaban J connectivity index is 3.40. The molecule has 0 aromatic carbocycles. The minimum atomic E-state index is -0.0316. The molecule has 2 heteroatoms. The van der Waals surface area contributed by atoms with E-state index in [2.05, 4.69) is 13.8 Å². The van der Waals surface area contributed by atoms with Crippen molar-refractivity contribution in [2.75, 3.05) is 0 Å². The van der Waals surface area contributed by atoms with Gasteiger partial charge in [-0.25, -0.2) is 0 Å². The quantitative estimate of drug-likeness (QED) is 0.441. The van der Waals surface area contributed by atoms with Crippen molar-refractivity contribution >= 4 is 5.97 Å². The van der Waals surface area contributed by atoms with Crippen molar-refractivity contribution in [1.29, 1.82) is 0 Å². The van der Waals surface area contributed by atoms with Crippen LogP contribution < -0.4 is 0 Å². The van der Waals surface area contributed by atoms with Gasteiger partial charge < -0.3 is 4.74 Å². The van der Waals surface area contributed by atoms with Crippen LogP contribution in [0.4, 0.5) is 0 Å². The summed E-state index contributed by atoms with van der Waals surface area (Å²) in [5.41, 5.74) is 0. The second kappa shape index (κ2) is 9.04. The van der Waals surface area contributed by atoms with E-state index in [0.717, 1.165) is 19.3 Å². The first-order valence-corrected chi connectivity index (χ1v) is 5.90. The fourth-order valence-electron chi connectivity index (χ4n) is 1.35. The summed E-state index contributed by atoms with van der Waals surface area (Å²) in [7, 11) is 0. The van der Waals surface area contributed by atoms with Crippen molar-refractivity contribution in [2.45, 2.75) is 71.8 Å². The molecule has 2 nitrogen and oxygen atoms in total. The van der Waals surface area contributed by atoms with Crippen LogP contribution in [0.1, 0.15) is 65.7 Å². The number of hydrogen-bond donors (Lipinski definition) is 0. The fourth-order valence-corrected chi connectivity index (χ4v) is 1.35. The predicted octanol–water partition coefficient (Wildman–Crippen LogP) is 3.69. The van der Waals surface area contributed by atoms with E-state index in [1.54, 1.807) is 0 Å². The first kappa shape index (κ1) is 13.5. The number of ether oxygens (including phenoxy) is 1. The minimum absolute atomic E-state index is 0.0316. The van der Waals surface area contributed by atoms with Crippen molar-refractivity contribution in [3.8, 4) is 0 Å². The van der Waals surface area contributed by atoms with Gasteiger partial charge in [-0.05, 0) is 26.2 Å². The van der Waals surface area contributed by atoms with Crippen LogP contribution in [-0.4, -0.2) is 12.1 Å². The molecule has 0 rings (SSSR count). The molecule has 0 fully saturated rings. The highest BCUT2D eigenvalue weighted by molar-refractivity contribution is 5.69. The summed E-state index contributed by atoms with van der Waals surface area (Å²) in [4.78, 5) is 11.2. The van der Waals surface area contributed by atoms with Crippen LogP contribution in [0.15, 0.2) is 0 Å². The van der Waals surface area contributed by atoms with Gasteiger partial charge in [0.15, 0.2) is 0 Å². The van der Waals surface area contributed by atoms with E-state index in [-0.39, 0.29) is 12.1 Å². The molecule has 84 valence electrons. The molecule has 0 unspecified atom stereocenters. The molecule has 14 heavy (non-hydrogen) atoms. The molecule has 0 saturated carbocycles. The number of hydrogen-bond acceptors (Lipinski definition) is 2. The van der Waals surface area contributed by atoms with Crippen molar-refractivity contribution < 1.29 is 9.53 Å². The summed E-state index contributed by atoms with van der Waals surface area (Å²) in [5, 5.41) is 0. The topological polar surface area (TPSA) is 26.3 Å². The van der Waals surface area contributed by atoms with E-state index in [0.29, 0.717) is 6.42 Å². The lowest BCUT2D eigenvalue weighted by atomic mass is 10.1. The molecular formula is C12H24O2. The number of carbonyl (C=O) groups excluding carboxylic acids is 1. The summed E-state index contributed by atoms with van der Waals surface area (Å²) in [6.07, 6.45) is 7.30. The van der Waals surface area contributed by atoms with Crippen molar-refractivity contribution in [2.24, 2.45) is 0 Å². The standard InChI is InChI=1S/C12H24O2/c1-4-6-8-9-11(3)14-12(13)10-7-5-2/h11H,4-10H2,1-3H3/t11-/m0/s1. The third-order valence-electron chi connectivity index (χ3n) is 2.28. The summed E-state index contributed by atoms with van der Waals surface area (Å²) in [5.74, 6) is -0.0316. The summed E-state index contributed by atoms with van der Waals surface area (Å²) < 4.78 is 5.26. The normalized spacial score (nSPS) is 12.5. The molecule has 0 aliphatic heterocycles. The van der Waals surface area contributed by atoms with Crippen molar-refractivity contribution in [1.82, 2.24) is 0 Å². The van der Waals surface area contributed by atoms with Crippen LogP contribution in [0.3, 0.4) is 0 Å². The molecule has 0 radical (unpaired) electrons. The van der Waals surface area contributed by atoms with Crippen molar-refractivity contribution in [3.05, 3.63) is 0 Å². The van der Waals surface area contributed by atoms with E-state index in [4.69, 9.17) is 4.74 Å². The Morgan fingerprint density at radius 3 is 2.36 bits per heavy atom. The smallest absolute Gasteiger partial charge is 0.306 e. The summed E-state index contributed by atoms with van der Waals surface area (Å²) in [6, 6.07) is 0. The zero-order valence-corrected chi connectivity index (χ0v) is 9.84. The highest BCUT2D eigenvalue weighted by Gasteiger charge is 2.07. The molecule has 0 amide bonds. The number of esters is 1. The monoisotopic (exact) mass is 200 g/mol. The number of carbonyl (C=O) groups is 1. The van der Waals surface area contributed by atoms with Crippen LogP contribution in [-0.2, 0) is 9.53 Å². The average molecular weight is 200 g/mol. The Bertz CT molecular complexity index is 143. The van der Waals surface area contributed by atoms with Gasteiger partial charge in [-0.3, -0.25) is 4.79 Å². The Hall–Kier alpha value is -0.530. The number of rotatable bonds is 8. The Morgan fingerprint density at radius 2 is 1.79 bits per heavy atom. The second-order valence-electron chi connectivity index (χ2n) is 3.90. The lowest BCUT2D eigenvalue weighted by molar-refractivity contribution is -0.148. The maximum atomic E-state index is 11.2. The lowest BCUT2D eigenvalue weighted by Crippen LogP contribution is -2.14. The predicted molar refractivity (Wildman–Crippen MR) is 59.2 cm³/mol. The van der Waals surface area contributed by atoms with Crippen LogP contribution in [0.2, 0.25) is 0 Å². The highest BCUT2D eigenvalue weighted by atomic mass is 16.5. The molecule has 0 bridgehead atoms. The molecule has 0 aliphatic rings. The van der Waals surface area contributed by atoms with Crippen LogP contribution >= 0.6 is 0 Å². The van der Waals surface area contributed by atoms with E-state index < -0.39 is 0 Å². The van der Waals surface area contributed by atoms with Gasteiger partial charge in [0.25, 0.3) is 0 Å². The first-order valence-electron chi connectivity index (χ1n) is 5.90. The van der Waals surface area contributed by atoms with Gasteiger partial charge in [0.05, 0.1) is 6.10 Å². The zero-order chi connectivity index (χ0) is 10.8. The second-order valence-corrected chi connectivity index (χ2v) is 3.90. The molecule has 0 spiro atoms. The van der Waals surface area contributed by atoms with Gasteiger partial charge in [-0.1, -0.05) is 33.1 Å². The zero-order valence-electron chi connectivity index (χ0n) is 9.84. The van der Waals surface area contributed by atoms with Gasteiger partial charge in [-0.15, -0.1) is 0 Å². The fraction of sp³-hybridized carbons (Fsp3) is 0.917. The third-order valence-corrected chi connectivity index (χ3v) is 2.28. The molecule has 0 aliphatic carbocycles. The van der Waals surface area contributed by atoms with Gasteiger partial charge in [0.1, 0.15) is 0 Å². The van der Waals surface area contributed by atoms with Gasteiger partial charge >= 0.3 is 5.97 Å². The van der Waals surface area contributed by atoms with Gasteiger partial charge in [0, 0.05) is 6.42 Å². The molecule has 1 atom stereocenters. The average Bonchev–Trinajstić information content (AvgIpc) is 2.15. The highest BCUT2D eigenvalue weighted by Crippen LogP contribution is 2.08. The Kier molecular flexibility index (Phi) is 8.70. The first-order chi connectivity index (χ1) is 6.70. The largest absolute Gasteiger partial charge is 0.463 e. The van der Waals surface area contributed by atoms with E-state index in [9.17, 15) is 4.79 Å². The molecule has 0 N–H and O–H groups in total. The van der Waals surface area contributed by atoms with Gasteiger partial charge in [0.2, 0.25) is 0 Å². The molecular weight excluding hydrogens is 176 g/mol. The molecule has 0 aromatic heterocycles. The van der Waals surface area contributed by atoms with Crippen molar-refractivity contribution in [3.63, 3.8) is 0 Å². The van der Waals surface area contributed by atoms with E-state index in [1.165, 1.54) is 19.3 Å². The van der Waals surface area contributed by atoms with E-state index in [1.807, 2.05) is 6.92 Å². The Morgan fingerprint density at radius 1 is 1.14 bits per heavy atom. The number of unbranched alkanes of at least 4 members (excludes halogenated alkanes) is 3. The molecule has 0 aromatic rings. The Labute approximate surface area is 88.0 Å². The molecule has 0 heterocycles. The SMILES string of the molecule is CCCCC[C@H](C)OC(=O)CCCC. The lowest BCUT2D eigenvalue weighted by Gasteiger charge is -2.12. The maximum Gasteiger partial charge on any atom is 0.306 e. The summed E-state index contributed by atoms with van der Waals surface area (Å²) in [6.45, 7) is 6.25. The van der Waals surface area contributed by atoms with Crippen LogP contribution in [0.5, 0.6) is 0 Å². The third kappa shape index (κ3) is 8.09. The summed E-state index contributed by atoms with van der Waals surface area (Å²) >= 11 is 0. The van der Waals surface area contributed by atoms with Crippen LogP contribution in [0.25, 0.3) is 0 Å². The maximum absolute atomic E-state index is 11.2. The minimum Gasteiger partial charge on any atom is -0.463 e. The molecule has 0 saturated heterocycles.